The third kappa shape index (κ3) is 6.61. The first-order valence-corrected chi connectivity index (χ1v) is 7.04. The van der Waals surface area contributed by atoms with Gasteiger partial charge in [-0.25, -0.2) is 0 Å². The minimum atomic E-state index is -0.0824. The van der Waals surface area contributed by atoms with Gasteiger partial charge < -0.3 is 4.74 Å². The van der Waals surface area contributed by atoms with Crippen molar-refractivity contribution in [1.82, 2.24) is 4.90 Å². The largest absolute Gasteiger partial charge is 0.466 e. The van der Waals surface area contributed by atoms with Crippen LogP contribution in [0.25, 0.3) is 0 Å². The van der Waals surface area contributed by atoms with Crippen molar-refractivity contribution in [3.63, 3.8) is 0 Å². The number of carbonyl (C=O) groups excluding carboxylic acids is 1. The molecule has 1 aliphatic carbocycles. The van der Waals surface area contributed by atoms with Gasteiger partial charge in [0.2, 0.25) is 0 Å². The summed E-state index contributed by atoms with van der Waals surface area (Å²) in [5.41, 5.74) is 0. The Morgan fingerprint density at radius 3 is 2.72 bits per heavy atom. The molecule has 0 aliphatic heterocycles. The van der Waals surface area contributed by atoms with Crippen LogP contribution in [0.1, 0.15) is 51.9 Å². The average Bonchev–Trinajstić information content (AvgIpc) is 3.17. The minimum Gasteiger partial charge on any atom is -0.466 e. The van der Waals surface area contributed by atoms with Gasteiger partial charge >= 0.3 is 5.97 Å². The van der Waals surface area contributed by atoms with Crippen LogP contribution < -0.4 is 0 Å². The van der Waals surface area contributed by atoms with E-state index in [4.69, 9.17) is 10.00 Å². The summed E-state index contributed by atoms with van der Waals surface area (Å²) in [5, 5.41) is 8.61. The molecule has 0 aromatic rings. The van der Waals surface area contributed by atoms with Crippen LogP contribution in [0, 0.1) is 11.3 Å². The predicted molar refractivity (Wildman–Crippen MR) is 69.9 cm³/mol. The summed E-state index contributed by atoms with van der Waals surface area (Å²) in [6.45, 7) is 4.28. The molecule has 0 unspecified atom stereocenters. The van der Waals surface area contributed by atoms with Crippen LogP contribution in [-0.4, -0.2) is 36.6 Å². The van der Waals surface area contributed by atoms with E-state index in [1.54, 1.807) is 0 Å². The van der Waals surface area contributed by atoms with Gasteiger partial charge in [-0.05, 0) is 39.2 Å². The molecule has 4 heteroatoms. The van der Waals surface area contributed by atoms with Gasteiger partial charge in [0.25, 0.3) is 0 Å². The summed E-state index contributed by atoms with van der Waals surface area (Å²) < 4.78 is 4.89. The lowest BCUT2D eigenvalue weighted by molar-refractivity contribution is -0.143. The number of carbonyl (C=O) groups is 1. The normalized spacial score (nSPS) is 14.5. The van der Waals surface area contributed by atoms with E-state index in [0.717, 1.165) is 38.4 Å². The Hall–Kier alpha value is -1.08. The number of ether oxygens (including phenoxy) is 1. The number of unbranched alkanes of at least 4 members (excludes halogenated alkanes) is 2. The molecule has 0 N–H and O–H groups in total. The van der Waals surface area contributed by atoms with Gasteiger partial charge in [0.1, 0.15) is 0 Å². The number of nitrogens with zero attached hydrogens (tertiary/aromatic N) is 2. The molecule has 0 amide bonds. The second-order valence-corrected chi connectivity index (χ2v) is 4.79. The van der Waals surface area contributed by atoms with Gasteiger partial charge in [-0.3, -0.25) is 9.69 Å². The topological polar surface area (TPSA) is 53.3 Å². The Morgan fingerprint density at radius 2 is 2.11 bits per heavy atom. The molecule has 18 heavy (non-hydrogen) atoms. The van der Waals surface area contributed by atoms with E-state index in [0.29, 0.717) is 19.4 Å². The number of esters is 1. The smallest absolute Gasteiger partial charge is 0.305 e. The highest BCUT2D eigenvalue weighted by molar-refractivity contribution is 5.69. The zero-order chi connectivity index (χ0) is 13.2. The molecule has 1 fully saturated rings. The van der Waals surface area contributed by atoms with Gasteiger partial charge in [0, 0.05) is 25.4 Å². The third-order valence-corrected chi connectivity index (χ3v) is 3.21. The van der Waals surface area contributed by atoms with Crippen molar-refractivity contribution in [2.24, 2.45) is 0 Å². The Balaban J connectivity index is 2.01. The molecular formula is C14H24N2O2. The SMILES string of the molecule is CCOC(=O)CCCCCN(CCC#N)C1CC1. The van der Waals surface area contributed by atoms with Crippen molar-refractivity contribution in [2.75, 3.05) is 19.7 Å². The van der Waals surface area contributed by atoms with E-state index in [1.165, 1.54) is 12.8 Å². The van der Waals surface area contributed by atoms with Crippen molar-refractivity contribution < 1.29 is 9.53 Å². The zero-order valence-corrected chi connectivity index (χ0v) is 11.4. The molecular weight excluding hydrogens is 228 g/mol. The van der Waals surface area contributed by atoms with Crippen molar-refractivity contribution in [2.45, 2.75) is 57.9 Å². The van der Waals surface area contributed by atoms with Crippen molar-refractivity contribution in [3.05, 3.63) is 0 Å². The lowest BCUT2D eigenvalue weighted by Gasteiger charge is -2.20. The molecule has 0 spiro atoms. The second-order valence-electron chi connectivity index (χ2n) is 4.79. The third-order valence-electron chi connectivity index (χ3n) is 3.21. The van der Waals surface area contributed by atoms with E-state index in [-0.39, 0.29) is 5.97 Å². The minimum absolute atomic E-state index is 0.0824. The van der Waals surface area contributed by atoms with Gasteiger partial charge in [-0.1, -0.05) is 6.42 Å². The predicted octanol–water partition coefficient (Wildman–Crippen LogP) is 2.49. The first kappa shape index (κ1) is 15.0. The Bertz CT molecular complexity index is 282. The van der Waals surface area contributed by atoms with Gasteiger partial charge in [0.15, 0.2) is 0 Å². The monoisotopic (exact) mass is 252 g/mol. The van der Waals surface area contributed by atoms with Crippen LogP contribution in [0.2, 0.25) is 0 Å². The molecule has 0 saturated heterocycles. The first-order valence-electron chi connectivity index (χ1n) is 7.04. The number of rotatable bonds is 10. The Labute approximate surface area is 110 Å². The Morgan fingerprint density at radius 1 is 1.33 bits per heavy atom. The van der Waals surface area contributed by atoms with Crippen LogP contribution in [0.4, 0.5) is 0 Å². The van der Waals surface area contributed by atoms with E-state index >= 15 is 0 Å². The van der Waals surface area contributed by atoms with Gasteiger partial charge in [0.05, 0.1) is 12.7 Å². The maximum Gasteiger partial charge on any atom is 0.305 e. The fraction of sp³-hybridized carbons (Fsp3) is 0.857. The molecule has 4 nitrogen and oxygen atoms in total. The molecule has 0 heterocycles. The van der Waals surface area contributed by atoms with Gasteiger partial charge in [-0.2, -0.15) is 5.26 Å². The van der Waals surface area contributed by atoms with Crippen molar-refractivity contribution in [3.8, 4) is 6.07 Å². The number of hydrogen-bond acceptors (Lipinski definition) is 4. The summed E-state index contributed by atoms with van der Waals surface area (Å²) in [7, 11) is 0. The van der Waals surface area contributed by atoms with Crippen LogP contribution in [0.5, 0.6) is 0 Å². The standard InChI is InChI=1S/C14H24N2O2/c1-2-18-14(17)7-4-3-5-11-16(12-6-10-15)13-8-9-13/h13H,2-9,11-12H2,1H3. The van der Waals surface area contributed by atoms with Crippen LogP contribution in [0.15, 0.2) is 0 Å². The second kappa shape index (κ2) is 8.93. The van der Waals surface area contributed by atoms with E-state index in [9.17, 15) is 4.79 Å². The highest BCUT2D eigenvalue weighted by Crippen LogP contribution is 2.27. The summed E-state index contributed by atoms with van der Waals surface area (Å²) in [5.74, 6) is -0.0824. The molecule has 0 aromatic heterocycles. The summed E-state index contributed by atoms with van der Waals surface area (Å²) in [6, 6.07) is 2.93. The molecule has 1 aliphatic rings. The maximum atomic E-state index is 11.1. The van der Waals surface area contributed by atoms with Gasteiger partial charge in [-0.15, -0.1) is 0 Å². The number of nitriles is 1. The molecule has 102 valence electrons. The van der Waals surface area contributed by atoms with E-state index in [1.807, 2.05) is 6.92 Å². The highest BCUT2D eigenvalue weighted by Gasteiger charge is 2.27. The molecule has 0 aromatic carbocycles. The average molecular weight is 252 g/mol. The fourth-order valence-electron chi connectivity index (χ4n) is 2.10. The number of hydrogen-bond donors (Lipinski definition) is 0. The van der Waals surface area contributed by atoms with Crippen molar-refractivity contribution in [1.29, 1.82) is 5.26 Å². The van der Waals surface area contributed by atoms with Crippen LogP contribution in [0.3, 0.4) is 0 Å². The molecule has 1 rings (SSSR count). The first-order chi connectivity index (χ1) is 8.77. The molecule has 1 saturated carbocycles. The summed E-state index contributed by atoms with van der Waals surface area (Å²) in [4.78, 5) is 13.6. The molecule has 0 bridgehead atoms. The van der Waals surface area contributed by atoms with E-state index < -0.39 is 0 Å². The quantitative estimate of drug-likeness (QED) is 0.443. The maximum absolute atomic E-state index is 11.1. The van der Waals surface area contributed by atoms with Crippen LogP contribution >= 0.6 is 0 Å². The summed E-state index contributed by atoms with van der Waals surface area (Å²) >= 11 is 0. The fourth-order valence-corrected chi connectivity index (χ4v) is 2.10. The van der Waals surface area contributed by atoms with Crippen LogP contribution in [-0.2, 0) is 9.53 Å². The highest BCUT2D eigenvalue weighted by atomic mass is 16.5. The van der Waals surface area contributed by atoms with Crippen molar-refractivity contribution >= 4 is 5.97 Å². The summed E-state index contributed by atoms with van der Waals surface area (Å²) in [6.07, 6.45) is 6.82. The Kier molecular flexibility index (Phi) is 7.43. The molecule has 0 radical (unpaired) electrons. The zero-order valence-electron chi connectivity index (χ0n) is 11.4. The lowest BCUT2D eigenvalue weighted by Crippen LogP contribution is -2.28. The molecule has 0 atom stereocenters. The van der Waals surface area contributed by atoms with E-state index in [2.05, 4.69) is 11.0 Å². The lowest BCUT2D eigenvalue weighted by atomic mass is 10.2.